The number of tetrazole rings is 1. The molecule has 2 aromatic heterocycles. The van der Waals surface area contributed by atoms with Crippen molar-refractivity contribution in [3.8, 4) is 22.5 Å². The summed E-state index contributed by atoms with van der Waals surface area (Å²) in [5.74, 6) is 0.226. The minimum absolute atomic E-state index is 0.0848. The molecule has 2 N–H and O–H groups in total. The van der Waals surface area contributed by atoms with Gasteiger partial charge in [-0.15, -0.1) is 10.2 Å². The third-order valence-corrected chi connectivity index (χ3v) is 6.81. The Kier molecular flexibility index (Phi) is 8.31. The molecule has 2 atom stereocenters. The Morgan fingerprint density at radius 2 is 1.86 bits per heavy atom. The fraction of sp³-hybridized carbons (Fsp3) is 0.379. The van der Waals surface area contributed by atoms with Gasteiger partial charge in [0.05, 0.1) is 0 Å². The molecule has 0 saturated carbocycles. The Morgan fingerprint density at radius 1 is 1.12 bits per heavy atom. The van der Waals surface area contributed by atoms with Gasteiger partial charge < -0.3 is 28.6 Å². The number of aromatic amines is 1. The van der Waals surface area contributed by atoms with Gasteiger partial charge in [0.2, 0.25) is 5.82 Å². The molecule has 0 spiro atoms. The number of H-pyrrole nitrogens is 1. The molecule has 1 saturated heterocycles. The molecule has 220 valence electrons. The first kappa shape index (κ1) is 28.9. The summed E-state index contributed by atoms with van der Waals surface area (Å²) < 4.78 is 22.9. The van der Waals surface area contributed by atoms with Crippen molar-refractivity contribution in [3.63, 3.8) is 0 Å². The van der Waals surface area contributed by atoms with Crippen LogP contribution in [0.3, 0.4) is 0 Å². The van der Waals surface area contributed by atoms with Gasteiger partial charge in [0, 0.05) is 18.7 Å². The van der Waals surface area contributed by atoms with Crippen LogP contribution >= 0.6 is 0 Å². The summed E-state index contributed by atoms with van der Waals surface area (Å²) in [7, 11) is 0. The standard InChI is InChI=1S/C29H32N6O7/c1-5-39-16-23-30-25(29(3,4)38)24(27(36)40-15-22-17(2)41-28(37)42-22)35(23)14-18-10-12-19(13-11-18)20-8-6-7-9-21(20)26-31-33-34-32-26/h6-13,17,22,38H,5,14-16H2,1-4H3,(H,31,32,33,34). The minimum Gasteiger partial charge on any atom is -0.457 e. The Labute approximate surface area is 241 Å². The topological polar surface area (TPSA) is 164 Å². The van der Waals surface area contributed by atoms with Crippen molar-refractivity contribution >= 4 is 12.1 Å². The molecule has 0 aliphatic carbocycles. The van der Waals surface area contributed by atoms with Crippen LogP contribution in [0.4, 0.5) is 4.79 Å². The Balaban J connectivity index is 1.46. The number of aliphatic hydroxyl groups is 1. The van der Waals surface area contributed by atoms with E-state index in [2.05, 4.69) is 25.6 Å². The van der Waals surface area contributed by atoms with Crippen molar-refractivity contribution in [2.45, 2.75) is 58.7 Å². The number of carbonyl (C=O) groups is 2. The number of imidazole rings is 1. The summed E-state index contributed by atoms with van der Waals surface area (Å²) in [6, 6.07) is 15.6. The first-order chi connectivity index (χ1) is 20.2. The average molecular weight is 577 g/mol. The van der Waals surface area contributed by atoms with Crippen LogP contribution in [0.25, 0.3) is 22.5 Å². The SMILES string of the molecule is CCOCc1nc(C(C)(C)O)c(C(=O)OCC2OC(=O)OC2C)n1Cc1ccc(-c2ccccc2-c2nn[nH]n2)cc1. The second-order valence-electron chi connectivity index (χ2n) is 10.3. The molecule has 13 heteroatoms. The third kappa shape index (κ3) is 6.16. The fourth-order valence-electron chi connectivity index (χ4n) is 4.66. The van der Waals surface area contributed by atoms with E-state index in [9.17, 15) is 14.7 Å². The maximum absolute atomic E-state index is 13.5. The molecule has 4 aromatic rings. The molecule has 0 bridgehead atoms. The Bertz CT molecular complexity index is 1540. The summed E-state index contributed by atoms with van der Waals surface area (Å²) >= 11 is 0. The van der Waals surface area contributed by atoms with Crippen LogP contribution in [-0.2, 0) is 37.7 Å². The van der Waals surface area contributed by atoms with Crippen LogP contribution in [0.5, 0.6) is 0 Å². The van der Waals surface area contributed by atoms with Crippen molar-refractivity contribution in [2.24, 2.45) is 0 Å². The molecule has 13 nitrogen and oxygen atoms in total. The number of aromatic nitrogens is 6. The normalized spacial score (nSPS) is 16.7. The number of esters is 1. The average Bonchev–Trinajstić information content (AvgIpc) is 3.70. The molecule has 2 aromatic carbocycles. The van der Waals surface area contributed by atoms with Crippen LogP contribution in [0, 0.1) is 0 Å². The lowest BCUT2D eigenvalue weighted by molar-refractivity contribution is 0.0219. The lowest BCUT2D eigenvalue weighted by Crippen LogP contribution is -2.29. The van der Waals surface area contributed by atoms with Crippen LogP contribution in [0.1, 0.15) is 55.3 Å². The number of hydrogen-bond acceptors (Lipinski definition) is 11. The monoisotopic (exact) mass is 576 g/mol. The zero-order valence-electron chi connectivity index (χ0n) is 23.7. The summed E-state index contributed by atoms with van der Waals surface area (Å²) in [6.07, 6.45) is -2.12. The number of rotatable bonds is 11. The molecular formula is C29H32N6O7. The van der Waals surface area contributed by atoms with E-state index in [-0.39, 0.29) is 31.1 Å². The van der Waals surface area contributed by atoms with Crippen molar-refractivity contribution in [3.05, 3.63) is 71.3 Å². The smallest absolute Gasteiger partial charge is 0.457 e. The van der Waals surface area contributed by atoms with Crippen molar-refractivity contribution in [2.75, 3.05) is 13.2 Å². The number of nitrogens with zero attached hydrogens (tertiary/aromatic N) is 5. The molecule has 0 radical (unpaired) electrons. The van der Waals surface area contributed by atoms with E-state index in [0.29, 0.717) is 18.3 Å². The van der Waals surface area contributed by atoms with Gasteiger partial charge in [-0.05, 0) is 49.6 Å². The Morgan fingerprint density at radius 3 is 2.48 bits per heavy atom. The fourth-order valence-corrected chi connectivity index (χ4v) is 4.66. The maximum Gasteiger partial charge on any atom is 0.509 e. The molecular weight excluding hydrogens is 544 g/mol. The largest absolute Gasteiger partial charge is 0.509 e. The first-order valence-electron chi connectivity index (χ1n) is 13.5. The number of hydrogen-bond donors (Lipinski definition) is 2. The van der Waals surface area contributed by atoms with Gasteiger partial charge in [-0.2, -0.15) is 5.21 Å². The zero-order valence-corrected chi connectivity index (χ0v) is 23.7. The highest BCUT2D eigenvalue weighted by Crippen LogP contribution is 2.31. The van der Waals surface area contributed by atoms with E-state index in [1.54, 1.807) is 25.3 Å². The van der Waals surface area contributed by atoms with E-state index >= 15 is 0 Å². The summed E-state index contributed by atoms with van der Waals surface area (Å²) in [5.41, 5.74) is 2.36. The van der Waals surface area contributed by atoms with Gasteiger partial charge in [-0.1, -0.05) is 48.5 Å². The number of nitrogens with one attached hydrogen (secondary N) is 1. The predicted molar refractivity (Wildman–Crippen MR) is 148 cm³/mol. The molecule has 1 aliphatic heterocycles. The lowest BCUT2D eigenvalue weighted by Gasteiger charge is -2.19. The minimum atomic E-state index is -1.46. The number of ether oxygens (including phenoxy) is 4. The van der Waals surface area contributed by atoms with Crippen molar-refractivity contribution in [1.82, 2.24) is 30.2 Å². The van der Waals surface area contributed by atoms with Gasteiger partial charge in [-0.25, -0.2) is 14.6 Å². The van der Waals surface area contributed by atoms with Gasteiger partial charge >= 0.3 is 12.1 Å². The van der Waals surface area contributed by atoms with Gasteiger partial charge in [0.15, 0.2) is 11.8 Å². The molecule has 42 heavy (non-hydrogen) atoms. The summed E-state index contributed by atoms with van der Waals surface area (Å²) in [6.45, 7) is 7.20. The first-order valence-corrected chi connectivity index (χ1v) is 13.5. The predicted octanol–water partition coefficient (Wildman–Crippen LogP) is 3.62. The molecule has 5 rings (SSSR count). The number of cyclic esters (lactones) is 2. The number of benzene rings is 2. The lowest BCUT2D eigenvalue weighted by atomic mass is 9.98. The van der Waals surface area contributed by atoms with Gasteiger partial charge in [0.25, 0.3) is 0 Å². The highest BCUT2D eigenvalue weighted by molar-refractivity contribution is 5.89. The second-order valence-corrected chi connectivity index (χ2v) is 10.3. The zero-order chi connectivity index (χ0) is 29.9. The van der Waals surface area contributed by atoms with E-state index in [0.717, 1.165) is 22.3 Å². The van der Waals surface area contributed by atoms with E-state index in [4.69, 9.17) is 18.9 Å². The summed E-state index contributed by atoms with van der Waals surface area (Å²) in [4.78, 5) is 29.6. The molecule has 3 heterocycles. The summed E-state index contributed by atoms with van der Waals surface area (Å²) in [5, 5.41) is 25.3. The Hall–Kier alpha value is -4.62. The van der Waals surface area contributed by atoms with E-state index in [1.807, 2.05) is 55.5 Å². The van der Waals surface area contributed by atoms with Crippen LogP contribution < -0.4 is 0 Å². The van der Waals surface area contributed by atoms with Gasteiger partial charge in [-0.3, -0.25) is 0 Å². The highest BCUT2D eigenvalue weighted by Gasteiger charge is 2.37. The van der Waals surface area contributed by atoms with E-state index < -0.39 is 29.9 Å². The van der Waals surface area contributed by atoms with Crippen LogP contribution in [0.2, 0.25) is 0 Å². The quantitative estimate of drug-likeness (QED) is 0.251. The molecule has 1 fully saturated rings. The van der Waals surface area contributed by atoms with E-state index in [1.165, 1.54) is 0 Å². The highest BCUT2D eigenvalue weighted by atomic mass is 16.8. The maximum atomic E-state index is 13.5. The van der Waals surface area contributed by atoms with Crippen LogP contribution in [0.15, 0.2) is 48.5 Å². The molecule has 0 amide bonds. The van der Waals surface area contributed by atoms with Crippen LogP contribution in [-0.4, -0.2) is 72.8 Å². The van der Waals surface area contributed by atoms with Crippen molar-refractivity contribution < 1.29 is 33.6 Å². The third-order valence-electron chi connectivity index (χ3n) is 6.81. The molecule has 1 aliphatic rings. The molecule has 2 unspecified atom stereocenters. The van der Waals surface area contributed by atoms with Gasteiger partial charge in [0.1, 0.15) is 36.4 Å². The van der Waals surface area contributed by atoms with Crippen molar-refractivity contribution in [1.29, 1.82) is 0 Å². The number of carbonyl (C=O) groups excluding carboxylic acids is 2. The second kappa shape index (κ2) is 12.1.